The molecule has 7 heteroatoms. The predicted molar refractivity (Wildman–Crippen MR) is 107 cm³/mol. The van der Waals surface area contributed by atoms with E-state index in [1.165, 1.54) is 6.20 Å². The highest BCUT2D eigenvalue weighted by Gasteiger charge is 2.46. The molecule has 134 valence electrons. The Morgan fingerprint density at radius 3 is 3.04 bits per heavy atom. The van der Waals surface area contributed by atoms with Gasteiger partial charge >= 0.3 is 0 Å². The highest BCUT2D eigenvalue weighted by molar-refractivity contribution is 8.13. The molecule has 1 aliphatic carbocycles. The van der Waals surface area contributed by atoms with Gasteiger partial charge in [0, 0.05) is 17.6 Å². The minimum atomic E-state index is -0.262. The number of carbonyl (C=O) groups excluding carboxylic acids is 1. The first-order chi connectivity index (χ1) is 12.6. The van der Waals surface area contributed by atoms with E-state index in [1.54, 1.807) is 23.9 Å². The highest BCUT2D eigenvalue weighted by Crippen LogP contribution is 2.50. The van der Waals surface area contributed by atoms with Gasteiger partial charge in [0.1, 0.15) is 5.69 Å². The summed E-state index contributed by atoms with van der Waals surface area (Å²) >= 11 is 7.47. The number of carbonyl (C=O) groups is 1. The van der Waals surface area contributed by atoms with Crippen molar-refractivity contribution in [3.63, 3.8) is 0 Å². The zero-order chi connectivity index (χ0) is 18.1. The third-order valence-electron chi connectivity index (χ3n) is 5.11. The van der Waals surface area contributed by atoms with Crippen LogP contribution in [0.2, 0.25) is 5.02 Å². The van der Waals surface area contributed by atoms with Crippen molar-refractivity contribution in [2.75, 3.05) is 11.1 Å². The lowest BCUT2D eigenvalue weighted by atomic mass is 9.81. The van der Waals surface area contributed by atoms with Crippen molar-refractivity contribution in [3.05, 3.63) is 58.9 Å². The lowest BCUT2D eigenvalue weighted by molar-refractivity contribution is 0.102. The quantitative estimate of drug-likeness (QED) is 0.834. The number of pyridine rings is 1. The topological polar surface area (TPSA) is 80.4 Å². The molecule has 1 fully saturated rings. The Morgan fingerprint density at radius 2 is 2.23 bits per heavy atom. The van der Waals surface area contributed by atoms with Crippen molar-refractivity contribution in [2.45, 2.75) is 24.8 Å². The fraction of sp³-hybridized carbons (Fsp3) is 0.316. The molecule has 1 amide bonds. The van der Waals surface area contributed by atoms with Crippen LogP contribution in [0.5, 0.6) is 0 Å². The fourth-order valence-corrected chi connectivity index (χ4v) is 5.01. The maximum Gasteiger partial charge on any atom is 0.274 e. The number of amidine groups is 1. The molecule has 0 spiro atoms. The number of nitrogens with zero attached hydrogens (tertiary/aromatic N) is 2. The van der Waals surface area contributed by atoms with E-state index < -0.39 is 0 Å². The van der Waals surface area contributed by atoms with Crippen molar-refractivity contribution >= 4 is 40.1 Å². The van der Waals surface area contributed by atoms with Gasteiger partial charge in [-0.3, -0.25) is 9.79 Å². The second kappa shape index (κ2) is 6.93. The Kier molecular flexibility index (Phi) is 4.63. The summed E-state index contributed by atoms with van der Waals surface area (Å²) in [5.74, 6) is 1.23. The van der Waals surface area contributed by atoms with Gasteiger partial charge < -0.3 is 11.1 Å². The zero-order valence-corrected chi connectivity index (χ0v) is 15.7. The summed E-state index contributed by atoms with van der Waals surface area (Å²) in [5.41, 5.74) is 7.96. The molecule has 3 N–H and O–H groups in total. The first kappa shape index (κ1) is 17.4. The molecule has 1 aliphatic heterocycles. The van der Waals surface area contributed by atoms with E-state index >= 15 is 0 Å². The molecule has 2 atom stereocenters. The number of hydrogen-bond donors (Lipinski definition) is 2. The fourth-order valence-electron chi connectivity index (χ4n) is 3.86. The summed E-state index contributed by atoms with van der Waals surface area (Å²) in [6.45, 7) is 0. The van der Waals surface area contributed by atoms with E-state index in [1.807, 2.05) is 18.2 Å². The number of hydrogen-bond acceptors (Lipinski definition) is 5. The molecular formula is C19H19ClN4OS. The van der Waals surface area contributed by atoms with Crippen LogP contribution < -0.4 is 11.1 Å². The molecule has 4 rings (SSSR count). The van der Waals surface area contributed by atoms with Crippen LogP contribution in [0, 0.1) is 5.92 Å². The third kappa shape index (κ3) is 3.19. The van der Waals surface area contributed by atoms with E-state index in [9.17, 15) is 4.79 Å². The van der Waals surface area contributed by atoms with Crippen LogP contribution in [-0.2, 0) is 5.54 Å². The number of nitrogens with two attached hydrogens (primary N) is 1. The standard InChI is InChI=1S/C19H19ClN4OS/c20-14-6-7-16(22-10-14)17(25)23-15-5-1-3-12(9-15)19-8-2-4-13(19)11-26-18(21)24-19/h1,3,5-7,9-10,13H,2,4,8,11H2,(H2,21,24)(H,23,25)/t13-,19-/m0/s1. The Morgan fingerprint density at radius 1 is 1.35 bits per heavy atom. The smallest absolute Gasteiger partial charge is 0.274 e. The monoisotopic (exact) mass is 386 g/mol. The highest BCUT2D eigenvalue weighted by atomic mass is 35.5. The normalized spacial score (nSPS) is 24.7. The van der Waals surface area contributed by atoms with E-state index in [2.05, 4.69) is 16.4 Å². The van der Waals surface area contributed by atoms with Gasteiger partial charge in [0.2, 0.25) is 0 Å². The van der Waals surface area contributed by atoms with Gasteiger partial charge in [-0.05, 0) is 48.6 Å². The van der Waals surface area contributed by atoms with Gasteiger partial charge in [0.15, 0.2) is 5.17 Å². The molecule has 2 heterocycles. The van der Waals surface area contributed by atoms with E-state index in [4.69, 9.17) is 22.3 Å². The summed E-state index contributed by atoms with van der Waals surface area (Å²) < 4.78 is 0. The third-order valence-corrected chi connectivity index (χ3v) is 6.29. The number of rotatable bonds is 3. The number of anilines is 1. The molecule has 0 unspecified atom stereocenters. The van der Waals surface area contributed by atoms with Crippen LogP contribution in [0.25, 0.3) is 0 Å². The largest absolute Gasteiger partial charge is 0.379 e. The maximum absolute atomic E-state index is 12.4. The molecule has 1 aromatic heterocycles. The summed E-state index contributed by atoms with van der Waals surface area (Å²) in [5, 5.41) is 4.07. The molecule has 0 saturated heterocycles. The number of aromatic nitrogens is 1. The SMILES string of the molecule is NC1=N[C@]2(c3cccc(NC(=O)c4ccc(Cl)cn4)c3)CCC[C@H]2CS1. The predicted octanol–water partition coefficient (Wildman–Crippen LogP) is 4.04. The number of halogens is 1. The van der Waals surface area contributed by atoms with Crippen LogP contribution in [0.15, 0.2) is 47.6 Å². The van der Waals surface area contributed by atoms with Gasteiger partial charge in [-0.15, -0.1) is 0 Å². The second-order valence-electron chi connectivity index (χ2n) is 6.67. The van der Waals surface area contributed by atoms with Crippen molar-refractivity contribution in [2.24, 2.45) is 16.6 Å². The Hall–Kier alpha value is -2.05. The average Bonchev–Trinajstić information content (AvgIpc) is 3.06. The van der Waals surface area contributed by atoms with Gasteiger partial charge in [0.05, 0.1) is 10.6 Å². The molecule has 1 aromatic carbocycles. The molecule has 26 heavy (non-hydrogen) atoms. The first-order valence-corrected chi connectivity index (χ1v) is 9.95. The van der Waals surface area contributed by atoms with E-state index in [0.29, 0.717) is 21.8 Å². The Balaban J connectivity index is 1.62. The number of thioether (sulfide) groups is 1. The van der Waals surface area contributed by atoms with E-state index in [0.717, 1.165) is 36.3 Å². The number of benzene rings is 1. The maximum atomic E-state index is 12.4. The van der Waals surface area contributed by atoms with Crippen LogP contribution in [0.4, 0.5) is 5.69 Å². The van der Waals surface area contributed by atoms with Gasteiger partial charge in [-0.1, -0.05) is 41.9 Å². The molecular weight excluding hydrogens is 368 g/mol. The zero-order valence-electron chi connectivity index (χ0n) is 14.1. The summed E-state index contributed by atoms with van der Waals surface area (Å²) in [6, 6.07) is 11.2. The van der Waals surface area contributed by atoms with Gasteiger partial charge in [-0.2, -0.15) is 0 Å². The second-order valence-corrected chi connectivity index (χ2v) is 8.15. The molecule has 5 nitrogen and oxygen atoms in total. The van der Waals surface area contributed by atoms with Crippen molar-refractivity contribution < 1.29 is 4.79 Å². The van der Waals surface area contributed by atoms with Crippen LogP contribution >= 0.6 is 23.4 Å². The van der Waals surface area contributed by atoms with E-state index in [-0.39, 0.29) is 11.4 Å². The number of nitrogens with one attached hydrogen (secondary N) is 1. The lowest BCUT2D eigenvalue weighted by Gasteiger charge is -2.36. The summed E-state index contributed by atoms with van der Waals surface area (Å²) in [7, 11) is 0. The minimum Gasteiger partial charge on any atom is -0.379 e. The van der Waals surface area contributed by atoms with Crippen LogP contribution in [0.3, 0.4) is 0 Å². The molecule has 0 radical (unpaired) electrons. The Labute approximate surface area is 161 Å². The number of fused-ring (bicyclic) bond motifs is 1. The summed E-state index contributed by atoms with van der Waals surface area (Å²) in [4.78, 5) is 21.3. The van der Waals surface area contributed by atoms with Crippen LogP contribution in [0.1, 0.15) is 35.3 Å². The first-order valence-electron chi connectivity index (χ1n) is 8.58. The summed E-state index contributed by atoms with van der Waals surface area (Å²) in [6.07, 6.45) is 4.77. The molecule has 0 bridgehead atoms. The molecule has 2 aromatic rings. The van der Waals surface area contributed by atoms with Crippen molar-refractivity contribution in [3.8, 4) is 0 Å². The van der Waals surface area contributed by atoms with Crippen LogP contribution in [-0.4, -0.2) is 21.8 Å². The van der Waals surface area contributed by atoms with Crippen molar-refractivity contribution in [1.29, 1.82) is 0 Å². The minimum absolute atomic E-state index is 0.255. The lowest BCUT2D eigenvalue weighted by Crippen LogP contribution is -2.36. The molecule has 1 saturated carbocycles. The Bertz CT molecular complexity index is 870. The average molecular weight is 387 g/mol. The van der Waals surface area contributed by atoms with Gasteiger partial charge in [-0.25, -0.2) is 4.98 Å². The number of amides is 1. The number of aliphatic imine (C=N–C) groups is 1. The van der Waals surface area contributed by atoms with Gasteiger partial charge in [0.25, 0.3) is 5.91 Å². The van der Waals surface area contributed by atoms with Crippen molar-refractivity contribution in [1.82, 2.24) is 4.98 Å². The molecule has 2 aliphatic rings.